The normalized spacial score (nSPS) is 17.2. The zero-order chi connectivity index (χ0) is 22.4. The van der Waals surface area contributed by atoms with Gasteiger partial charge in [0.05, 0.1) is 29.8 Å². The van der Waals surface area contributed by atoms with Gasteiger partial charge in [-0.2, -0.15) is 13.2 Å². The second kappa shape index (κ2) is 11.1. The fourth-order valence-electron chi connectivity index (χ4n) is 3.53. The molecule has 1 heterocycles. The lowest BCUT2D eigenvalue weighted by Gasteiger charge is -2.33. The third kappa shape index (κ3) is 7.08. The number of nitrogens with zero attached hydrogens (tertiary/aromatic N) is 1. The number of amides is 1. The summed E-state index contributed by atoms with van der Waals surface area (Å²) in [6, 6.07) is 5.27. The number of halogens is 4. The molecule has 0 N–H and O–H groups in total. The highest BCUT2D eigenvalue weighted by Crippen LogP contribution is 2.49. The van der Waals surface area contributed by atoms with E-state index in [-0.39, 0.29) is 31.2 Å². The average molecular weight is 514 g/mol. The molecule has 10 heteroatoms. The van der Waals surface area contributed by atoms with E-state index in [1.54, 1.807) is 18.7 Å². The number of likely N-dealkylation sites (tertiary alicyclic amines) is 1. The van der Waals surface area contributed by atoms with E-state index in [0.717, 1.165) is 17.7 Å². The molecule has 1 saturated heterocycles. The number of hydrogen-bond acceptors (Lipinski definition) is 4. The summed E-state index contributed by atoms with van der Waals surface area (Å²) in [5.41, 5.74) is 0.206. The Morgan fingerprint density at radius 1 is 1.17 bits per heavy atom. The molecule has 30 heavy (non-hydrogen) atoms. The Kier molecular flexibility index (Phi) is 9.40. The van der Waals surface area contributed by atoms with Crippen molar-refractivity contribution in [2.75, 3.05) is 32.5 Å². The van der Waals surface area contributed by atoms with Crippen LogP contribution in [-0.2, 0) is 24.6 Å². The van der Waals surface area contributed by atoms with Crippen LogP contribution in [0.1, 0.15) is 50.2 Å². The van der Waals surface area contributed by atoms with Gasteiger partial charge >= 0.3 is 13.8 Å². The summed E-state index contributed by atoms with van der Waals surface area (Å²) < 4.78 is 61.2. The number of hydrogen-bond donors (Lipinski definition) is 0. The van der Waals surface area contributed by atoms with Crippen molar-refractivity contribution in [2.24, 2.45) is 0 Å². The van der Waals surface area contributed by atoms with Crippen LogP contribution in [0.4, 0.5) is 13.2 Å². The van der Waals surface area contributed by atoms with Gasteiger partial charge in [0.2, 0.25) is 5.91 Å². The Balaban J connectivity index is 1.86. The number of benzene rings is 1. The van der Waals surface area contributed by atoms with Crippen molar-refractivity contribution in [1.29, 1.82) is 0 Å². The molecule has 1 aliphatic heterocycles. The van der Waals surface area contributed by atoms with Gasteiger partial charge in [0.15, 0.2) is 0 Å². The van der Waals surface area contributed by atoms with E-state index in [1.807, 2.05) is 0 Å². The van der Waals surface area contributed by atoms with Crippen LogP contribution in [0.3, 0.4) is 0 Å². The van der Waals surface area contributed by atoms with Crippen LogP contribution in [0.15, 0.2) is 24.3 Å². The summed E-state index contributed by atoms with van der Waals surface area (Å²) in [4.78, 5) is 14.0. The van der Waals surface area contributed by atoms with Crippen LogP contribution >= 0.6 is 23.5 Å². The fraction of sp³-hybridized carbons (Fsp3) is 0.650. The number of alkyl halides is 4. The van der Waals surface area contributed by atoms with Crippen molar-refractivity contribution in [3.63, 3.8) is 0 Å². The van der Waals surface area contributed by atoms with E-state index in [4.69, 9.17) is 9.05 Å². The largest absolute Gasteiger partial charge is 0.416 e. The van der Waals surface area contributed by atoms with Crippen molar-refractivity contribution in [3.8, 4) is 0 Å². The Bertz CT molecular complexity index is 727. The average Bonchev–Trinajstić information content (AvgIpc) is 2.71. The molecule has 1 amide bonds. The fourth-order valence-corrected chi connectivity index (χ4v) is 6.10. The predicted octanol–water partition coefficient (Wildman–Crippen LogP) is 5.83. The molecule has 170 valence electrons. The van der Waals surface area contributed by atoms with Crippen LogP contribution < -0.4 is 0 Å². The summed E-state index contributed by atoms with van der Waals surface area (Å²) >= 11 is 3.39. The van der Waals surface area contributed by atoms with Gasteiger partial charge in [-0.05, 0) is 56.7 Å². The van der Waals surface area contributed by atoms with E-state index in [9.17, 15) is 22.5 Å². The van der Waals surface area contributed by atoms with Crippen molar-refractivity contribution in [2.45, 2.75) is 50.0 Å². The first-order valence-corrected chi connectivity index (χ1v) is 12.7. The topological polar surface area (TPSA) is 55.8 Å². The van der Waals surface area contributed by atoms with Crippen LogP contribution in [0.5, 0.6) is 0 Å². The monoisotopic (exact) mass is 513 g/mol. The highest BCUT2D eigenvalue weighted by molar-refractivity contribution is 9.10. The number of piperidine rings is 1. The molecule has 1 fully saturated rings. The van der Waals surface area contributed by atoms with Crippen molar-refractivity contribution in [1.82, 2.24) is 4.90 Å². The second-order valence-corrected chi connectivity index (χ2v) is 10.4. The van der Waals surface area contributed by atoms with Crippen LogP contribution in [0.2, 0.25) is 0 Å². The SMILES string of the molecule is CCOP(=O)(CC[C@H](Br)C(=O)N1CCC(c2ccc(C(F)(F)F)cc2)CC1)OCC. The Labute approximate surface area is 184 Å². The smallest absolute Gasteiger partial charge is 0.342 e. The Morgan fingerprint density at radius 2 is 1.70 bits per heavy atom. The first kappa shape index (κ1) is 25.4. The summed E-state index contributed by atoms with van der Waals surface area (Å²) in [7, 11) is -3.20. The standard InChI is InChI=1S/C20H28BrF3NO4P/c1-3-28-30(27,29-4-2)14-11-18(21)19(26)25-12-9-16(10-13-25)15-5-7-17(8-6-15)20(22,23)24/h5-8,16,18H,3-4,9-14H2,1-2H3/t18-/m0/s1. The van der Waals surface area contributed by atoms with Crippen LogP contribution in [0.25, 0.3) is 0 Å². The van der Waals surface area contributed by atoms with Gasteiger partial charge in [-0.15, -0.1) is 0 Å². The van der Waals surface area contributed by atoms with Gasteiger partial charge in [-0.3, -0.25) is 9.36 Å². The van der Waals surface area contributed by atoms with Crippen molar-refractivity contribution < 1.29 is 31.6 Å². The molecule has 0 aliphatic carbocycles. The minimum absolute atomic E-state index is 0.0829. The lowest BCUT2D eigenvalue weighted by Crippen LogP contribution is -2.42. The molecule has 0 radical (unpaired) electrons. The maximum atomic E-state index is 12.7. The zero-order valence-corrected chi connectivity index (χ0v) is 19.6. The number of carbonyl (C=O) groups is 1. The summed E-state index contributed by atoms with van der Waals surface area (Å²) in [6.07, 6.45) is -2.48. The molecule has 2 rings (SSSR count). The molecule has 5 nitrogen and oxygen atoms in total. The molecule has 0 spiro atoms. The predicted molar refractivity (Wildman–Crippen MR) is 113 cm³/mol. The van der Waals surface area contributed by atoms with Gasteiger partial charge in [0, 0.05) is 13.1 Å². The zero-order valence-electron chi connectivity index (χ0n) is 17.2. The van der Waals surface area contributed by atoms with Gasteiger partial charge in [-0.25, -0.2) is 0 Å². The second-order valence-electron chi connectivity index (χ2n) is 7.15. The number of rotatable bonds is 9. The molecule has 1 aromatic rings. The third-order valence-electron chi connectivity index (χ3n) is 5.09. The van der Waals surface area contributed by atoms with E-state index in [0.29, 0.717) is 32.4 Å². The van der Waals surface area contributed by atoms with Crippen LogP contribution in [0, 0.1) is 0 Å². The molecule has 1 atom stereocenters. The summed E-state index contributed by atoms with van der Waals surface area (Å²) in [5, 5.41) is 0. The Morgan fingerprint density at radius 3 is 2.17 bits per heavy atom. The van der Waals surface area contributed by atoms with Crippen molar-refractivity contribution >= 4 is 29.4 Å². The van der Waals surface area contributed by atoms with E-state index in [1.165, 1.54) is 12.1 Å². The molecule has 0 unspecified atom stereocenters. The summed E-state index contributed by atoms with van der Waals surface area (Å²) in [6.45, 7) is 5.08. The molecular weight excluding hydrogens is 486 g/mol. The minimum atomic E-state index is -4.34. The van der Waals surface area contributed by atoms with Gasteiger partial charge in [0.1, 0.15) is 0 Å². The molecule has 0 aromatic heterocycles. The van der Waals surface area contributed by atoms with E-state index < -0.39 is 24.2 Å². The van der Waals surface area contributed by atoms with Gasteiger partial charge in [-0.1, -0.05) is 28.1 Å². The van der Waals surface area contributed by atoms with Crippen molar-refractivity contribution in [3.05, 3.63) is 35.4 Å². The first-order chi connectivity index (χ1) is 14.1. The number of carbonyl (C=O) groups excluding carboxylic acids is 1. The van der Waals surface area contributed by atoms with Gasteiger partial charge < -0.3 is 13.9 Å². The lowest BCUT2D eigenvalue weighted by molar-refractivity contribution is -0.137. The summed E-state index contributed by atoms with van der Waals surface area (Å²) in [5.74, 6) is 0.0432. The van der Waals surface area contributed by atoms with E-state index in [2.05, 4.69) is 15.9 Å². The Hall–Kier alpha value is -0.890. The molecule has 0 saturated carbocycles. The maximum Gasteiger partial charge on any atom is 0.416 e. The first-order valence-electron chi connectivity index (χ1n) is 10.1. The highest BCUT2D eigenvalue weighted by atomic mass is 79.9. The third-order valence-corrected chi connectivity index (χ3v) is 8.05. The minimum Gasteiger partial charge on any atom is -0.342 e. The molecule has 0 bridgehead atoms. The quantitative estimate of drug-likeness (QED) is 0.308. The maximum absolute atomic E-state index is 12.7. The molecule has 1 aromatic carbocycles. The lowest BCUT2D eigenvalue weighted by atomic mass is 9.89. The van der Waals surface area contributed by atoms with Gasteiger partial charge in [0.25, 0.3) is 0 Å². The van der Waals surface area contributed by atoms with Crippen LogP contribution in [-0.4, -0.2) is 48.1 Å². The molecular formula is C20H28BrF3NO4P. The molecule has 1 aliphatic rings. The highest BCUT2D eigenvalue weighted by Gasteiger charge is 2.32. The van der Waals surface area contributed by atoms with E-state index >= 15 is 0 Å².